The number of rotatable bonds is 5. The molecule has 128 valence electrons. The molecule has 1 aliphatic rings. The lowest BCUT2D eigenvalue weighted by atomic mass is 10.1. The summed E-state index contributed by atoms with van der Waals surface area (Å²) in [6.45, 7) is 1.92. The summed E-state index contributed by atoms with van der Waals surface area (Å²) in [7, 11) is 0. The lowest BCUT2D eigenvalue weighted by Crippen LogP contribution is -2.04. The van der Waals surface area contributed by atoms with Gasteiger partial charge in [-0.1, -0.05) is 5.75 Å². The fraction of sp³-hybridized carbons (Fsp3) is 0.294. The zero-order valence-electron chi connectivity index (χ0n) is 13.4. The average molecular weight is 356 g/mol. The van der Waals surface area contributed by atoms with E-state index in [9.17, 15) is 20.5 Å². The van der Waals surface area contributed by atoms with Crippen LogP contribution in [0.3, 0.4) is 0 Å². The molecular weight excluding hydrogens is 342 g/mol. The summed E-state index contributed by atoms with van der Waals surface area (Å²) in [5.41, 5.74) is 1.40. The van der Waals surface area contributed by atoms with E-state index >= 15 is 0 Å². The Morgan fingerprint density at radius 3 is 2.96 bits per heavy atom. The predicted molar refractivity (Wildman–Crippen MR) is 92.0 cm³/mol. The third kappa shape index (κ3) is 3.19. The first-order chi connectivity index (χ1) is 12.0. The van der Waals surface area contributed by atoms with Crippen molar-refractivity contribution in [3.63, 3.8) is 0 Å². The molecule has 0 radical (unpaired) electrons. The van der Waals surface area contributed by atoms with E-state index in [1.165, 1.54) is 23.6 Å². The maximum absolute atomic E-state index is 12.3. The van der Waals surface area contributed by atoms with Crippen LogP contribution < -0.4 is 9.84 Å². The molecule has 0 bridgehead atoms. The third-order valence-corrected chi connectivity index (χ3v) is 5.11. The molecular formula is C17H14N3O4S-. The van der Waals surface area contributed by atoms with Crippen LogP contribution in [-0.2, 0) is 12.8 Å². The van der Waals surface area contributed by atoms with Gasteiger partial charge in [-0.2, -0.15) is 5.26 Å². The Morgan fingerprint density at radius 1 is 1.48 bits per heavy atom. The summed E-state index contributed by atoms with van der Waals surface area (Å²) in [5.74, 6) is -0.536. The minimum absolute atomic E-state index is 0.0649. The molecule has 0 fully saturated rings. The van der Waals surface area contributed by atoms with Crippen LogP contribution in [0.15, 0.2) is 17.1 Å². The predicted octanol–water partition coefficient (Wildman–Crippen LogP) is 3.24. The van der Waals surface area contributed by atoms with Crippen LogP contribution in [0.5, 0.6) is 11.5 Å². The first-order valence-corrected chi connectivity index (χ1v) is 8.57. The summed E-state index contributed by atoms with van der Waals surface area (Å²) < 4.78 is 5.19. The number of aryl methyl sites for hydroxylation is 1. The highest BCUT2D eigenvalue weighted by Gasteiger charge is 2.21. The number of ether oxygens (including phenoxy) is 1. The standard InChI is InChI=1S/C17H15N3O4S/c1-2-24-14-7-11(20(22)23)6-10(16(14)21)9-19-17-13(8-18)12-4-3-5-15(12)25-17/h6-7,9,21H,2-5H2,1H3/p-1. The zero-order chi connectivity index (χ0) is 18.0. The van der Waals surface area contributed by atoms with Gasteiger partial charge in [-0.05, 0) is 37.3 Å². The molecule has 0 unspecified atom stereocenters. The van der Waals surface area contributed by atoms with Crippen molar-refractivity contribution in [2.24, 2.45) is 4.99 Å². The van der Waals surface area contributed by atoms with Gasteiger partial charge in [0.15, 0.2) is 0 Å². The molecule has 1 aromatic carbocycles. The van der Waals surface area contributed by atoms with Crippen molar-refractivity contribution in [2.75, 3.05) is 6.61 Å². The summed E-state index contributed by atoms with van der Waals surface area (Å²) in [4.78, 5) is 15.9. The number of hydrogen-bond acceptors (Lipinski definition) is 7. The molecule has 25 heavy (non-hydrogen) atoms. The number of nitro benzene ring substituents is 1. The van der Waals surface area contributed by atoms with Crippen LogP contribution in [0, 0.1) is 21.4 Å². The quantitative estimate of drug-likeness (QED) is 0.464. The molecule has 8 heteroatoms. The van der Waals surface area contributed by atoms with Crippen LogP contribution in [0.1, 0.15) is 34.9 Å². The second kappa shape index (κ2) is 6.91. The Kier molecular flexibility index (Phi) is 4.67. The van der Waals surface area contributed by atoms with Gasteiger partial charge >= 0.3 is 0 Å². The van der Waals surface area contributed by atoms with Crippen LogP contribution >= 0.6 is 11.3 Å². The Morgan fingerprint density at radius 2 is 2.28 bits per heavy atom. The Labute approximate surface area is 148 Å². The van der Waals surface area contributed by atoms with Gasteiger partial charge in [0.05, 0.1) is 23.2 Å². The van der Waals surface area contributed by atoms with E-state index < -0.39 is 10.7 Å². The van der Waals surface area contributed by atoms with Gasteiger partial charge < -0.3 is 9.84 Å². The van der Waals surface area contributed by atoms with E-state index in [4.69, 9.17) is 4.74 Å². The molecule has 1 heterocycles. The molecule has 0 amide bonds. The molecule has 1 aromatic heterocycles. The minimum Gasteiger partial charge on any atom is -0.870 e. The number of nitro groups is 1. The number of aliphatic imine (C=N–C) groups is 1. The number of non-ortho nitro benzene ring substituents is 1. The molecule has 0 saturated carbocycles. The first kappa shape index (κ1) is 16.9. The molecule has 2 aromatic rings. The molecule has 1 aliphatic carbocycles. The van der Waals surface area contributed by atoms with Crippen molar-refractivity contribution in [1.82, 2.24) is 0 Å². The highest BCUT2D eigenvalue weighted by molar-refractivity contribution is 7.16. The fourth-order valence-electron chi connectivity index (χ4n) is 2.80. The van der Waals surface area contributed by atoms with Crippen molar-refractivity contribution in [2.45, 2.75) is 26.2 Å². The van der Waals surface area contributed by atoms with Crippen LogP contribution in [0.2, 0.25) is 0 Å². The molecule has 0 spiro atoms. The Balaban J connectivity index is 2.02. The number of nitrogens with zero attached hydrogens (tertiary/aromatic N) is 3. The SMILES string of the molecule is CCOc1cc([N+](=O)[O-])cc(C=Nc2sc3c(c2C#N)CCC3)c1[O-]. The fourth-order valence-corrected chi connectivity index (χ4v) is 3.98. The number of hydrogen-bond donors (Lipinski definition) is 0. The number of benzene rings is 1. The van der Waals surface area contributed by atoms with E-state index in [0.29, 0.717) is 10.6 Å². The van der Waals surface area contributed by atoms with Crippen LogP contribution in [-0.4, -0.2) is 17.7 Å². The lowest BCUT2D eigenvalue weighted by molar-refractivity contribution is -0.385. The molecule has 0 aliphatic heterocycles. The molecule has 3 rings (SSSR count). The van der Waals surface area contributed by atoms with Gasteiger partial charge in [0, 0.05) is 17.2 Å². The molecule has 7 nitrogen and oxygen atoms in total. The maximum Gasteiger partial charge on any atom is 0.273 e. The van der Waals surface area contributed by atoms with Gasteiger partial charge in [0.2, 0.25) is 0 Å². The lowest BCUT2D eigenvalue weighted by Gasteiger charge is -2.16. The van der Waals surface area contributed by atoms with Gasteiger partial charge in [0.25, 0.3) is 5.69 Å². The summed E-state index contributed by atoms with van der Waals surface area (Å²) in [6.07, 6.45) is 4.11. The second-order valence-corrected chi connectivity index (χ2v) is 6.54. The highest BCUT2D eigenvalue weighted by Crippen LogP contribution is 2.40. The molecule has 0 N–H and O–H groups in total. The van der Waals surface area contributed by atoms with Gasteiger partial charge in [0.1, 0.15) is 16.8 Å². The molecule has 0 saturated heterocycles. The van der Waals surface area contributed by atoms with Crippen molar-refractivity contribution in [1.29, 1.82) is 5.26 Å². The van der Waals surface area contributed by atoms with E-state index in [-0.39, 0.29) is 23.6 Å². The van der Waals surface area contributed by atoms with Crippen molar-refractivity contribution < 1.29 is 14.8 Å². The topological polar surface area (TPSA) is 112 Å². The summed E-state index contributed by atoms with van der Waals surface area (Å²) in [6, 6.07) is 4.46. The second-order valence-electron chi connectivity index (χ2n) is 5.46. The van der Waals surface area contributed by atoms with E-state index in [1.54, 1.807) is 6.92 Å². The van der Waals surface area contributed by atoms with Crippen LogP contribution in [0.25, 0.3) is 0 Å². The maximum atomic E-state index is 12.3. The van der Waals surface area contributed by atoms with Gasteiger partial charge in [-0.25, -0.2) is 4.99 Å². The van der Waals surface area contributed by atoms with Crippen molar-refractivity contribution >= 4 is 28.2 Å². The van der Waals surface area contributed by atoms with E-state index in [2.05, 4.69) is 11.1 Å². The largest absolute Gasteiger partial charge is 0.870 e. The van der Waals surface area contributed by atoms with Gasteiger partial charge in [-0.3, -0.25) is 10.1 Å². The Bertz CT molecular complexity index is 912. The van der Waals surface area contributed by atoms with Crippen molar-refractivity contribution in [3.05, 3.63) is 43.8 Å². The number of thiophene rings is 1. The van der Waals surface area contributed by atoms with Gasteiger partial charge in [-0.15, -0.1) is 11.3 Å². The zero-order valence-corrected chi connectivity index (χ0v) is 14.3. The summed E-state index contributed by atoms with van der Waals surface area (Å²) in [5, 5.41) is 33.3. The highest BCUT2D eigenvalue weighted by atomic mass is 32.1. The van der Waals surface area contributed by atoms with Crippen molar-refractivity contribution in [3.8, 4) is 17.6 Å². The first-order valence-electron chi connectivity index (χ1n) is 7.76. The van der Waals surface area contributed by atoms with E-state index in [0.717, 1.165) is 35.8 Å². The normalized spacial score (nSPS) is 13.0. The number of nitriles is 1. The van der Waals surface area contributed by atoms with E-state index in [1.807, 2.05) is 0 Å². The third-order valence-electron chi connectivity index (χ3n) is 3.91. The minimum atomic E-state index is -0.584. The smallest absolute Gasteiger partial charge is 0.273 e. The number of fused-ring (bicyclic) bond motifs is 1. The van der Waals surface area contributed by atoms with Crippen LogP contribution in [0.4, 0.5) is 10.7 Å². The Hall–Kier alpha value is -2.92. The summed E-state index contributed by atoms with van der Waals surface area (Å²) >= 11 is 1.44. The average Bonchev–Trinajstić information content (AvgIpc) is 3.15. The molecule has 0 atom stereocenters. The monoisotopic (exact) mass is 356 g/mol.